The number of carbonyl (C=O) groups excluding carboxylic acids is 1. The SMILES string of the molecule is CCCc1nc(C(=O)NCC(O)CN2CCN(c3cccc(Cl)c3Cl)CC2)c(C)n1-c1ccc(OC)cc1.Cl.Cl.Cl.Cl. The van der Waals surface area contributed by atoms with E-state index in [1.54, 1.807) is 13.2 Å². The molecule has 1 amide bonds. The quantitative estimate of drug-likeness (QED) is 0.268. The fourth-order valence-corrected chi connectivity index (χ4v) is 5.22. The van der Waals surface area contributed by atoms with Crippen LogP contribution in [0.4, 0.5) is 5.69 Å². The number of aryl methyl sites for hydroxylation is 1. The second-order valence-electron chi connectivity index (χ2n) is 9.47. The van der Waals surface area contributed by atoms with Crippen molar-refractivity contribution in [2.45, 2.75) is 32.8 Å². The minimum Gasteiger partial charge on any atom is -0.497 e. The molecule has 42 heavy (non-hydrogen) atoms. The molecule has 4 rings (SSSR count). The van der Waals surface area contributed by atoms with E-state index in [9.17, 15) is 9.90 Å². The summed E-state index contributed by atoms with van der Waals surface area (Å²) in [5.74, 6) is 1.32. The molecule has 1 saturated heterocycles. The van der Waals surface area contributed by atoms with Crippen molar-refractivity contribution in [3.05, 3.63) is 69.7 Å². The molecule has 1 fully saturated rings. The van der Waals surface area contributed by atoms with E-state index in [1.165, 1.54) is 0 Å². The molecule has 14 heteroatoms. The summed E-state index contributed by atoms with van der Waals surface area (Å²) in [4.78, 5) is 22.1. The van der Waals surface area contributed by atoms with E-state index in [2.05, 4.69) is 27.0 Å². The largest absolute Gasteiger partial charge is 0.497 e. The molecule has 236 valence electrons. The van der Waals surface area contributed by atoms with Gasteiger partial charge in [-0.1, -0.05) is 36.2 Å². The maximum absolute atomic E-state index is 13.1. The first-order valence-corrected chi connectivity index (χ1v) is 13.7. The van der Waals surface area contributed by atoms with Gasteiger partial charge in [-0.15, -0.1) is 49.6 Å². The second kappa shape index (κ2) is 18.9. The van der Waals surface area contributed by atoms with Crippen LogP contribution in [0.1, 0.15) is 35.4 Å². The molecule has 1 unspecified atom stereocenters. The van der Waals surface area contributed by atoms with Crippen molar-refractivity contribution >= 4 is 84.4 Å². The number of ether oxygens (including phenoxy) is 1. The average molecular weight is 706 g/mol. The Bertz CT molecular complexity index is 1250. The Morgan fingerprint density at radius 1 is 1.05 bits per heavy atom. The number of aliphatic hydroxyl groups is 1. The third-order valence-corrected chi connectivity index (χ3v) is 7.62. The van der Waals surface area contributed by atoms with Crippen LogP contribution in [0.5, 0.6) is 5.75 Å². The van der Waals surface area contributed by atoms with E-state index in [-0.39, 0.29) is 62.1 Å². The Labute approximate surface area is 282 Å². The minimum absolute atomic E-state index is 0. The zero-order valence-electron chi connectivity index (χ0n) is 23.7. The number of rotatable bonds is 10. The molecule has 2 N–H and O–H groups in total. The Morgan fingerprint density at radius 2 is 1.69 bits per heavy atom. The lowest BCUT2D eigenvalue weighted by atomic mass is 10.2. The van der Waals surface area contributed by atoms with Gasteiger partial charge in [0.05, 0.1) is 34.6 Å². The summed E-state index contributed by atoms with van der Waals surface area (Å²) in [7, 11) is 1.63. The normalized spacial score (nSPS) is 13.5. The molecule has 1 atom stereocenters. The fraction of sp³-hybridized carbons (Fsp3) is 0.429. The standard InChI is InChI=1S/C28H35Cl2N5O3.4ClH/c1-4-6-25-32-27(19(2)35(25)20-9-11-22(38-3)12-10-20)28(37)31-17-21(36)18-33-13-15-34(16-14-33)24-8-5-7-23(29)26(24)30;;;;/h5,7-12,21,36H,4,6,13-18H2,1-3H3,(H,31,37);4*1H. The maximum Gasteiger partial charge on any atom is 0.271 e. The van der Waals surface area contributed by atoms with Crippen molar-refractivity contribution < 1.29 is 14.6 Å². The van der Waals surface area contributed by atoms with Gasteiger partial charge in [0, 0.05) is 51.4 Å². The number of aromatic nitrogens is 2. The highest BCUT2D eigenvalue weighted by atomic mass is 35.5. The summed E-state index contributed by atoms with van der Waals surface area (Å²) in [6.07, 6.45) is 0.956. The minimum atomic E-state index is -0.695. The van der Waals surface area contributed by atoms with Crippen LogP contribution in [0, 0.1) is 6.92 Å². The number of carbonyl (C=O) groups is 1. The van der Waals surface area contributed by atoms with E-state index in [0.717, 1.165) is 67.7 Å². The van der Waals surface area contributed by atoms with Gasteiger partial charge in [0.15, 0.2) is 0 Å². The Kier molecular flexibility index (Phi) is 18.2. The highest BCUT2D eigenvalue weighted by Crippen LogP contribution is 2.33. The van der Waals surface area contributed by atoms with Gasteiger partial charge in [-0.25, -0.2) is 4.98 Å². The van der Waals surface area contributed by atoms with E-state index >= 15 is 0 Å². The van der Waals surface area contributed by atoms with E-state index in [0.29, 0.717) is 22.3 Å². The molecule has 8 nitrogen and oxygen atoms in total. The summed E-state index contributed by atoms with van der Waals surface area (Å²) >= 11 is 12.5. The van der Waals surface area contributed by atoms with Crippen molar-refractivity contribution in [3.8, 4) is 11.4 Å². The molecule has 3 aromatic rings. The van der Waals surface area contributed by atoms with Gasteiger partial charge in [0.1, 0.15) is 17.3 Å². The first kappa shape index (κ1) is 40.4. The monoisotopic (exact) mass is 703 g/mol. The molecule has 0 spiro atoms. The van der Waals surface area contributed by atoms with Crippen molar-refractivity contribution in [1.29, 1.82) is 0 Å². The topological polar surface area (TPSA) is 82.9 Å². The molecule has 1 aliphatic rings. The number of piperazine rings is 1. The summed E-state index contributed by atoms with van der Waals surface area (Å²) in [6.45, 7) is 7.71. The van der Waals surface area contributed by atoms with Crippen LogP contribution in [-0.2, 0) is 6.42 Å². The van der Waals surface area contributed by atoms with Crippen molar-refractivity contribution in [2.75, 3.05) is 51.3 Å². The molecule has 0 aliphatic carbocycles. The Hall–Kier alpha value is -1.62. The van der Waals surface area contributed by atoms with Crippen molar-refractivity contribution in [2.24, 2.45) is 0 Å². The number of hydrogen-bond donors (Lipinski definition) is 2. The number of benzene rings is 2. The third-order valence-electron chi connectivity index (χ3n) is 6.81. The van der Waals surface area contributed by atoms with Crippen LogP contribution < -0.4 is 15.0 Å². The molecule has 2 aromatic carbocycles. The number of aliphatic hydroxyl groups excluding tert-OH is 1. The van der Waals surface area contributed by atoms with E-state index < -0.39 is 6.10 Å². The molecule has 1 aromatic heterocycles. The number of nitrogens with one attached hydrogen (secondary N) is 1. The Balaban J connectivity index is 0.00000420. The molecular weight excluding hydrogens is 667 g/mol. The number of anilines is 1. The molecular formula is C28H39Cl6N5O3. The zero-order chi connectivity index (χ0) is 27.2. The van der Waals surface area contributed by atoms with Gasteiger partial charge < -0.3 is 24.6 Å². The lowest BCUT2D eigenvalue weighted by molar-refractivity contribution is 0.0847. The zero-order valence-corrected chi connectivity index (χ0v) is 28.5. The number of methoxy groups -OCH3 is 1. The fourth-order valence-electron chi connectivity index (χ4n) is 4.80. The summed E-state index contributed by atoms with van der Waals surface area (Å²) in [6, 6.07) is 13.3. The Morgan fingerprint density at radius 3 is 2.29 bits per heavy atom. The smallest absolute Gasteiger partial charge is 0.271 e. The summed E-state index contributed by atoms with van der Waals surface area (Å²) < 4.78 is 7.28. The van der Waals surface area contributed by atoms with Crippen molar-refractivity contribution in [3.63, 3.8) is 0 Å². The van der Waals surface area contributed by atoms with Crippen LogP contribution >= 0.6 is 72.8 Å². The van der Waals surface area contributed by atoms with Crippen LogP contribution in [0.3, 0.4) is 0 Å². The molecule has 2 heterocycles. The number of halogens is 6. The van der Waals surface area contributed by atoms with Crippen LogP contribution in [0.25, 0.3) is 5.69 Å². The third kappa shape index (κ3) is 9.69. The highest BCUT2D eigenvalue weighted by Gasteiger charge is 2.24. The van der Waals surface area contributed by atoms with Crippen LogP contribution in [0.2, 0.25) is 10.0 Å². The van der Waals surface area contributed by atoms with Crippen LogP contribution in [0.15, 0.2) is 42.5 Å². The first-order chi connectivity index (χ1) is 18.3. The van der Waals surface area contributed by atoms with E-state index in [4.69, 9.17) is 27.9 Å². The number of nitrogens with zero attached hydrogens (tertiary/aromatic N) is 4. The van der Waals surface area contributed by atoms with Gasteiger partial charge in [-0.05, 0) is 49.7 Å². The number of hydrogen-bond acceptors (Lipinski definition) is 6. The van der Waals surface area contributed by atoms with Gasteiger partial charge in [-0.3, -0.25) is 9.69 Å². The lowest BCUT2D eigenvalue weighted by Crippen LogP contribution is -2.50. The van der Waals surface area contributed by atoms with Gasteiger partial charge in [-0.2, -0.15) is 0 Å². The predicted molar refractivity (Wildman–Crippen MR) is 181 cm³/mol. The number of amides is 1. The predicted octanol–water partition coefficient (Wildman–Crippen LogP) is 6.05. The summed E-state index contributed by atoms with van der Waals surface area (Å²) in [5.41, 5.74) is 3.00. The van der Waals surface area contributed by atoms with Gasteiger partial charge >= 0.3 is 0 Å². The maximum atomic E-state index is 13.1. The molecule has 0 radical (unpaired) electrons. The molecule has 1 aliphatic heterocycles. The van der Waals surface area contributed by atoms with Gasteiger partial charge in [0.25, 0.3) is 5.91 Å². The lowest BCUT2D eigenvalue weighted by Gasteiger charge is -2.37. The average Bonchev–Trinajstić information content (AvgIpc) is 3.25. The number of β-amino-alcohol motifs (C(OH)–C–C–N with tert-alkyl or cyclic N) is 1. The van der Waals surface area contributed by atoms with Crippen LogP contribution in [-0.4, -0.2) is 77.9 Å². The number of imidazole rings is 1. The second-order valence-corrected chi connectivity index (χ2v) is 10.3. The summed E-state index contributed by atoms with van der Waals surface area (Å²) in [5, 5.41) is 14.6. The first-order valence-electron chi connectivity index (χ1n) is 12.9. The van der Waals surface area contributed by atoms with E-state index in [1.807, 2.05) is 47.9 Å². The van der Waals surface area contributed by atoms with Crippen molar-refractivity contribution in [1.82, 2.24) is 19.8 Å². The van der Waals surface area contributed by atoms with Gasteiger partial charge in [0.2, 0.25) is 0 Å². The molecule has 0 bridgehead atoms. The highest BCUT2D eigenvalue weighted by molar-refractivity contribution is 6.43. The molecule has 0 saturated carbocycles.